The summed E-state index contributed by atoms with van der Waals surface area (Å²) in [4.78, 5) is 11.9. The second kappa shape index (κ2) is 6.83. The summed E-state index contributed by atoms with van der Waals surface area (Å²) in [5.41, 5.74) is 5.64. The van der Waals surface area contributed by atoms with Crippen molar-refractivity contribution in [2.45, 2.75) is 33.2 Å². The molecule has 1 aliphatic heterocycles. The Morgan fingerprint density at radius 3 is 2.17 bits per heavy atom. The number of hydrogen-bond donors (Lipinski definition) is 0. The molecule has 122 valence electrons. The van der Waals surface area contributed by atoms with Crippen molar-refractivity contribution >= 4 is 17.7 Å². The number of carbonyl (C=O) groups excluding carboxylic acids is 1. The number of nitrogens with zero attached hydrogens (tertiary/aromatic N) is 2. The van der Waals surface area contributed by atoms with E-state index in [9.17, 15) is 4.79 Å². The average Bonchev–Trinajstić information content (AvgIpc) is 3.00. The second-order valence-electron chi connectivity index (χ2n) is 6.33. The first kappa shape index (κ1) is 16.2. The lowest BCUT2D eigenvalue weighted by atomic mass is 10.00. The van der Waals surface area contributed by atoms with Crippen molar-refractivity contribution < 1.29 is 4.79 Å². The molecule has 1 aliphatic rings. The van der Waals surface area contributed by atoms with Gasteiger partial charge >= 0.3 is 0 Å². The van der Waals surface area contributed by atoms with Crippen molar-refractivity contribution in [3.8, 4) is 0 Å². The number of rotatable bonds is 3. The molecule has 1 amide bonds. The molecule has 3 nitrogen and oxygen atoms in total. The number of amides is 1. The highest BCUT2D eigenvalue weighted by Gasteiger charge is 2.29. The zero-order valence-electron chi connectivity index (χ0n) is 14.4. The zero-order chi connectivity index (χ0) is 17.1. The fourth-order valence-corrected chi connectivity index (χ4v) is 2.84. The highest BCUT2D eigenvalue weighted by atomic mass is 16.2. The van der Waals surface area contributed by atoms with Crippen LogP contribution in [0, 0.1) is 13.8 Å². The predicted molar refractivity (Wildman–Crippen MR) is 98.7 cm³/mol. The van der Waals surface area contributed by atoms with Gasteiger partial charge in [-0.1, -0.05) is 65.7 Å². The standard InChI is InChI=1S/C21H22N2O/c1-15-4-8-18(9-5-15)10-13-20-14-21(23(22-20)17(3)24)19-11-6-16(2)7-12-19/h4-13,21H,14H2,1-3H3/b13-10+/t21-/m1/s1. The van der Waals surface area contributed by atoms with Crippen molar-refractivity contribution in [2.24, 2.45) is 5.10 Å². The summed E-state index contributed by atoms with van der Waals surface area (Å²) in [6, 6.07) is 16.7. The highest BCUT2D eigenvalue weighted by Crippen LogP contribution is 2.31. The molecule has 0 radical (unpaired) electrons. The molecule has 0 fully saturated rings. The van der Waals surface area contributed by atoms with Gasteiger partial charge in [0.05, 0.1) is 11.8 Å². The first-order valence-corrected chi connectivity index (χ1v) is 8.21. The summed E-state index contributed by atoms with van der Waals surface area (Å²) in [6.07, 6.45) is 4.80. The lowest BCUT2D eigenvalue weighted by molar-refractivity contribution is -0.130. The van der Waals surface area contributed by atoms with E-state index in [0.717, 1.165) is 23.3 Å². The fourth-order valence-electron chi connectivity index (χ4n) is 2.84. The van der Waals surface area contributed by atoms with Crippen LogP contribution < -0.4 is 0 Å². The topological polar surface area (TPSA) is 32.7 Å². The van der Waals surface area contributed by atoms with Crippen LogP contribution in [0.2, 0.25) is 0 Å². The first-order valence-electron chi connectivity index (χ1n) is 8.21. The monoisotopic (exact) mass is 318 g/mol. The van der Waals surface area contributed by atoms with Crippen molar-refractivity contribution in [1.29, 1.82) is 0 Å². The third-order valence-corrected chi connectivity index (χ3v) is 4.26. The second-order valence-corrected chi connectivity index (χ2v) is 6.33. The van der Waals surface area contributed by atoms with Gasteiger partial charge in [0, 0.05) is 13.3 Å². The molecule has 0 spiro atoms. The quantitative estimate of drug-likeness (QED) is 0.809. The maximum atomic E-state index is 11.9. The normalized spacial score (nSPS) is 17.4. The summed E-state index contributed by atoms with van der Waals surface area (Å²) in [5.74, 6) is -0.0284. The molecule has 1 heterocycles. The van der Waals surface area contributed by atoms with E-state index >= 15 is 0 Å². The molecular formula is C21H22N2O. The molecule has 0 aliphatic carbocycles. The number of carbonyl (C=O) groups is 1. The molecule has 24 heavy (non-hydrogen) atoms. The van der Waals surface area contributed by atoms with Gasteiger partial charge in [-0.3, -0.25) is 4.79 Å². The average molecular weight is 318 g/mol. The van der Waals surface area contributed by atoms with E-state index in [1.54, 1.807) is 11.9 Å². The Kier molecular flexibility index (Phi) is 4.61. The molecule has 2 aromatic carbocycles. The maximum absolute atomic E-state index is 11.9. The van der Waals surface area contributed by atoms with Gasteiger partial charge in [-0.2, -0.15) is 5.10 Å². The van der Waals surface area contributed by atoms with E-state index in [0.29, 0.717) is 0 Å². The van der Waals surface area contributed by atoms with Gasteiger partial charge in [0.2, 0.25) is 5.91 Å². The predicted octanol–water partition coefficient (Wildman–Crippen LogP) is 4.67. The summed E-state index contributed by atoms with van der Waals surface area (Å²) >= 11 is 0. The molecule has 0 saturated heterocycles. The SMILES string of the molecule is CC(=O)N1N=C(/C=C/c2ccc(C)cc2)C[C@@H]1c1ccc(C)cc1. The molecule has 1 atom stereocenters. The van der Waals surface area contributed by atoms with Crippen molar-refractivity contribution in [2.75, 3.05) is 0 Å². The highest BCUT2D eigenvalue weighted by molar-refractivity contribution is 6.00. The number of benzene rings is 2. The number of hydrazone groups is 1. The Labute approximate surface area is 143 Å². The largest absolute Gasteiger partial charge is 0.273 e. The smallest absolute Gasteiger partial charge is 0.240 e. The lowest BCUT2D eigenvalue weighted by Crippen LogP contribution is -2.24. The Bertz CT molecular complexity index is 786. The fraction of sp³-hybridized carbons (Fsp3) is 0.238. The molecule has 0 N–H and O–H groups in total. The van der Waals surface area contributed by atoms with Crippen molar-refractivity contribution in [3.05, 3.63) is 76.9 Å². The van der Waals surface area contributed by atoms with Gasteiger partial charge in [0.1, 0.15) is 0 Å². The maximum Gasteiger partial charge on any atom is 0.240 e. The molecule has 3 rings (SSSR count). The summed E-state index contributed by atoms with van der Waals surface area (Å²) < 4.78 is 0. The van der Waals surface area contributed by atoms with Crippen molar-refractivity contribution in [3.63, 3.8) is 0 Å². The van der Waals surface area contributed by atoms with E-state index in [4.69, 9.17) is 0 Å². The van der Waals surface area contributed by atoms with Crippen LogP contribution in [-0.4, -0.2) is 16.6 Å². The minimum absolute atomic E-state index is 0.0132. The lowest BCUT2D eigenvalue weighted by Gasteiger charge is -2.20. The third-order valence-electron chi connectivity index (χ3n) is 4.26. The number of allylic oxidation sites excluding steroid dienone is 1. The van der Waals surface area contributed by atoms with Crippen molar-refractivity contribution in [1.82, 2.24) is 5.01 Å². The van der Waals surface area contributed by atoms with Gasteiger partial charge in [-0.25, -0.2) is 5.01 Å². The molecule has 0 unspecified atom stereocenters. The van der Waals surface area contributed by atoms with Gasteiger partial charge in [-0.05, 0) is 31.1 Å². The minimum atomic E-state index is -0.0284. The van der Waals surface area contributed by atoms with Crippen LogP contribution in [0.15, 0.2) is 59.7 Å². The van der Waals surface area contributed by atoms with Crippen LogP contribution in [0.3, 0.4) is 0 Å². The number of aryl methyl sites for hydroxylation is 2. The van der Waals surface area contributed by atoms with Crippen LogP contribution >= 0.6 is 0 Å². The minimum Gasteiger partial charge on any atom is -0.273 e. The zero-order valence-corrected chi connectivity index (χ0v) is 14.4. The number of hydrogen-bond acceptors (Lipinski definition) is 2. The van der Waals surface area contributed by atoms with E-state index < -0.39 is 0 Å². The molecule has 0 bridgehead atoms. The Hall–Kier alpha value is -2.68. The van der Waals surface area contributed by atoms with Crippen LogP contribution in [0.4, 0.5) is 0 Å². The molecular weight excluding hydrogens is 296 g/mol. The Morgan fingerprint density at radius 2 is 1.58 bits per heavy atom. The van der Waals surface area contributed by atoms with Crippen LogP contribution in [0.5, 0.6) is 0 Å². The molecule has 2 aromatic rings. The Balaban J connectivity index is 1.80. The van der Waals surface area contributed by atoms with Gasteiger partial charge in [0.25, 0.3) is 0 Å². The van der Waals surface area contributed by atoms with Gasteiger partial charge in [0.15, 0.2) is 0 Å². The van der Waals surface area contributed by atoms with Gasteiger partial charge < -0.3 is 0 Å². The van der Waals surface area contributed by atoms with E-state index in [1.807, 2.05) is 12.2 Å². The van der Waals surface area contributed by atoms with Crippen LogP contribution in [0.1, 0.15) is 41.6 Å². The van der Waals surface area contributed by atoms with E-state index in [-0.39, 0.29) is 11.9 Å². The molecule has 0 saturated carbocycles. The van der Waals surface area contributed by atoms with Gasteiger partial charge in [-0.15, -0.1) is 0 Å². The van der Waals surface area contributed by atoms with Crippen LogP contribution in [0.25, 0.3) is 6.08 Å². The van der Waals surface area contributed by atoms with Crippen LogP contribution in [-0.2, 0) is 4.79 Å². The summed E-state index contributed by atoms with van der Waals surface area (Å²) in [5, 5.41) is 6.11. The molecule has 0 aromatic heterocycles. The van der Waals surface area contributed by atoms with E-state index in [1.165, 1.54) is 11.1 Å². The Morgan fingerprint density at radius 1 is 1.00 bits per heavy atom. The first-order chi connectivity index (χ1) is 11.5. The molecule has 3 heteroatoms. The van der Waals surface area contributed by atoms with E-state index in [2.05, 4.69) is 67.5 Å². The summed E-state index contributed by atoms with van der Waals surface area (Å²) in [6.45, 7) is 5.70. The summed E-state index contributed by atoms with van der Waals surface area (Å²) in [7, 11) is 0. The third kappa shape index (κ3) is 3.62.